The van der Waals surface area contributed by atoms with Crippen LogP contribution in [0.5, 0.6) is 0 Å². The minimum atomic E-state index is 0.640. The fourth-order valence-corrected chi connectivity index (χ4v) is 1.77. The summed E-state index contributed by atoms with van der Waals surface area (Å²) in [6.45, 7) is 2.63. The SMILES string of the molecule is Cc1c(Br)ccc(CCN)c1Cl. The molecule has 0 heterocycles. The van der Waals surface area contributed by atoms with Gasteiger partial charge in [0, 0.05) is 9.50 Å². The summed E-state index contributed by atoms with van der Waals surface area (Å²) in [4.78, 5) is 0. The first kappa shape index (κ1) is 10.0. The van der Waals surface area contributed by atoms with Crippen molar-refractivity contribution in [2.45, 2.75) is 13.3 Å². The van der Waals surface area contributed by atoms with Crippen molar-refractivity contribution in [3.05, 3.63) is 32.8 Å². The molecular formula is C9H11BrClN. The van der Waals surface area contributed by atoms with E-state index in [2.05, 4.69) is 15.9 Å². The lowest BCUT2D eigenvalue weighted by molar-refractivity contribution is 0.966. The summed E-state index contributed by atoms with van der Waals surface area (Å²) in [5, 5.41) is 0.829. The summed E-state index contributed by atoms with van der Waals surface area (Å²) in [6.07, 6.45) is 0.840. The molecule has 0 saturated carbocycles. The normalized spacial score (nSPS) is 10.3. The largest absolute Gasteiger partial charge is 0.330 e. The summed E-state index contributed by atoms with van der Waals surface area (Å²) < 4.78 is 1.05. The van der Waals surface area contributed by atoms with E-state index in [0.717, 1.165) is 27.0 Å². The van der Waals surface area contributed by atoms with Crippen LogP contribution in [-0.4, -0.2) is 6.54 Å². The predicted octanol–water partition coefficient (Wildman–Crippen LogP) is 2.91. The van der Waals surface area contributed by atoms with Crippen molar-refractivity contribution < 1.29 is 0 Å². The number of hydrogen-bond acceptors (Lipinski definition) is 1. The Balaban J connectivity index is 3.08. The summed E-state index contributed by atoms with van der Waals surface area (Å²) in [5.41, 5.74) is 7.66. The van der Waals surface area contributed by atoms with Crippen LogP contribution in [0.25, 0.3) is 0 Å². The molecule has 0 radical (unpaired) electrons. The fraction of sp³-hybridized carbons (Fsp3) is 0.333. The molecule has 1 aromatic carbocycles. The molecule has 2 N–H and O–H groups in total. The molecular weight excluding hydrogens is 237 g/mol. The quantitative estimate of drug-likeness (QED) is 0.856. The molecule has 12 heavy (non-hydrogen) atoms. The standard InChI is InChI=1S/C9H11BrClN/c1-6-8(10)3-2-7(4-5-12)9(6)11/h2-3H,4-5,12H2,1H3. The van der Waals surface area contributed by atoms with Crippen LogP contribution >= 0.6 is 27.5 Å². The molecule has 0 aliphatic heterocycles. The molecule has 0 saturated heterocycles. The maximum atomic E-state index is 6.09. The average molecular weight is 249 g/mol. The van der Waals surface area contributed by atoms with Crippen molar-refractivity contribution in [1.82, 2.24) is 0 Å². The Morgan fingerprint density at radius 1 is 1.50 bits per heavy atom. The summed E-state index contributed by atoms with van der Waals surface area (Å²) in [7, 11) is 0. The number of rotatable bonds is 2. The van der Waals surface area contributed by atoms with Crippen molar-refractivity contribution in [3.8, 4) is 0 Å². The number of benzene rings is 1. The van der Waals surface area contributed by atoms with E-state index >= 15 is 0 Å². The van der Waals surface area contributed by atoms with Gasteiger partial charge in [0.05, 0.1) is 0 Å². The third-order valence-corrected chi connectivity index (χ3v) is 3.20. The van der Waals surface area contributed by atoms with E-state index in [9.17, 15) is 0 Å². The van der Waals surface area contributed by atoms with Crippen LogP contribution in [-0.2, 0) is 6.42 Å². The van der Waals surface area contributed by atoms with Crippen LogP contribution in [0.15, 0.2) is 16.6 Å². The molecule has 0 aliphatic rings. The van der Waals surface area contributed by atoms with E-state index in [1.807, 2.05) is 19.1 Å². The zero-order valence-corrected chi connectivity index (χ0v) is 9.24. The highest BCUT2D eigenvalue weighted by molar-refractivity contribution is 9.10. The number of hydrogen-bond donors (Lipinski definition) is 1. The van der Waals surface area contributed by atoms with E-state index < -0.39 is 0 Å². The molecule has 0 spiro atoms. The van der Waals surface area contributed by atoms with E-state index in [4.69, 9.17) is 17.3 Å². The van der Waals surface area contributed by atoms with E-state index in [1.54, 1.807) is 0 Å². The summed E-state index contributed by atoms with van der Waals surface area (Å²) >= 11 is 9.51. The third kappa shape index (κ3) is 2.00. The van der Waals surface area contributed by atoms with Crippen LogP contribution < -0.4 is 5.73 Å². The van der Waals surface area contributed by atoms with Gasteiger partial charge in [-0.1, -0.05) is 33.6 Å². The van der Waals surface area contributed by atoms with Gasteiger partial charge in [0.25, 0.3) is 0 Å². The molecule has 1 aromatic rings. The molecule has 3 heteroatoms. The molecule has 1 rings (SSSR count). The second kappa shape index (κ2) is 4.26. The Bertz CT molecular complexity index is 286. The monoisotopic (exact) mass is 247 g/mol. The van der Waals surface area contributed by atoms with Crippen LogP contribution in [0, 0.1) is 6.92 Å². The molecule has 66 valence electrons. The molecule has 0 bridgehead atoms. The third-order valence-electron chi connectivity index (χ3n) is 1.81. The lowest BCUT2D eigenvalue weighted by Gasteiger charge is -2.06. The zero-order chi connectivity index (χ0) is 9.14. The molecule has 0 unspecified atom stereocenters. The summed E-state index contributed by atoms with van der Waals surface area (Å²) in [6, 6.07) is 4.01. The molecule has 1 nitrogen and oxygen atoms in total. The molecule has 0 amide bonds. The Labute approximate surface area is 86.0 Å². The highest BCUT2D eigenvalue weighted by Crippen LogP contribution is 2.27. The van der Waals surface area contributed by atoms with E-state index in [1.165, 1.54) is 0 Å². The first-order valence-electron chi connectivity index (χ1n) is 3.80. The highest BCUT2D eigenvalue weighted by atomic mass is 79.9. The maximum absolute atomic E-state index is 6.09. The second-order valence-electron chi connectivity index (χ2n) is 2.68. The molecule has 0 aliphatic carbocycles. The van der Waals surface area contributed by atoms with Gasteiger partial charge >= 0.3 is 0 Å². The van der Waals surface area contributed by atoms with Crippen molar-refractivity contribution >= 4 is 27.5 Å². The van der Waals surface area contributed by atoms with Gasteiger partial charge in [-0.15, -0.1) is 0 Å². The van der Waals surface area contributed by atoms with E-state index in [-0.39, 0.29) is 0 Å². The van der Waals surface area contributed by atoms with E-state index in [0.29, 0.717) is 6.54 Å². The van der Waals surface area contributed by atoms with Crippen LogP contribution in [0.1, 0.15) is 11.1 Å². The van der Waals surface area contributed by atoms with Gasteiger partial charge in [-0.25, -0.2) is 0 Å². The Morgan fingerprint density at radius 2 is 2.17 bits per heavy atom. The maximum Gasteiger partial charge on any atom is 0.0478 e. The van der Waals surface area contributed by atoms with Crippen molar-refractivity contribution in [2.75, 3.05) is 6.54 Å². The van der Waals surface area contributed by atoms with Gasteiger partial charge in [0.2, 0.25) is 0 Å². The minimum absolute atomic E-state index is 0.640. The Morgan fingerprint density at radius 3 is 2.75 bits per heavy atom. The van der Waals surface area contributed by atoms with Gasteiger partial charge < -0.3 is 5.73 Å². The first-order chi connectivity index (χ1) is 5.66. The van der Waals surface area contributed by atoms with Gasteiger partial charge in [0.1, 0.15) is 0 Å². The van der Waals surface area contributed by atoms with Crippen LogP contribution in [0.2, 0.25) is 5.02 Å². The fourth-order valence-electron chi connectivity index (χ4n) is 1.07. The lowest BCUT2D eigenvalue weighted by atomic mass is 10.1. The van der Waals surface area contributed by atoms with Crippen LogP contribution in [0.3, 0.4) is 0 Å². The second-order valence-corrected chi connectivity index (χ2v) is 3.92. The first-order valence-corrected chi connectivity index (χ1v) is 4.97. The molecule has 0 fully saturated rings. The van der Waals surface area contributed by atoms with Gasteiger partial charge in [-0.05, 0) is 37.1 Å². The van der Waals surface area contributed by atoms with Crippen molar-refractivity contribution in [2.24, 2.45) is 5.73 Å². The average Bonchev–Trinajstić information content (AvgIpc) is 2.07. The van der Waals surface area contributed by atoms with Gasteiger partial charge in [0.15, 0.2) is 0 Å². The Kier molecular flexibility index (Phi) is 3.56. The van der Waals surface area contributed by atoms with Gasteiger partial charge in [-0.2, -0.15) is 0 Å². The van der Waals surface area contributed by atoms with Crippen molar-refractivity contribution in [1.29, 1.82) is 0 Å². The van der Waals surface area contributed by atoms with Gasteiger partial charge in [-0.3, -0.25) is 0 Å². The number of halogens is 2. The van der Waals surface area contributed by atoms with Crippen LogP contribution in [0.4, 0.5) is 0 Å². The number of nitrogens with two attached hydrogens (primary N) is 1. The molecule has 0 atom stereocenters. The van der Waals surface area contributed by atoms with Crippen molar-refractivity contribution in [3.63, 3.8) is 0 Å². The lowest BCUT2D eigenvalue weighted by Crippen LogP contribution is -2.03. The summed E-state index contributed by atoms with van der Waals surface area (Å²) in [5.74, 6) is 0. The Hall–Kier alpha value is -0.0500. The zero-order valence-electron chi connectivity index (χ0n) is 6.90. The smallest absolute Gasteiger partial charge is 0.0478 e. The molecule has 0 aromatic heterocycles. The minimum Gasteiger partial charge on any atom is -0.330 e. The highest BCUT2D eigenvalue weighted by Gasteiger charge is 2.04. The topological polar surface area (TPSA) is 26.0 Å². The predicted molar refractivity (Wildman–Crippen MR) is 56.6 cm³/mol.